The molecule has 0 spiro atoms. The van der Waals surface area contributed by atoms with E-state index in [9.17, 15) is 4.79 Å². The summed E-state index contributed by atoms with van der Waals surface area (Å²) in [5.41, 5.74) is 1.82. The van der Waals surface area contributed by atoms with E-state index in [0.717, 1.165) is 25.7 Å². The summed E-state index contributed by atoms with van der Waals surface area (Å²) < 4.78 is 11.0. The van der Waals surface area contributed by atoms with Gasteiger partial charge in [-0.05, 0) is 31.3 Å². The smallest absolute Gasteiger partial charge is 0.341 e. The molecule has 2 atom stereocenters. The third-order valence-corrected chi connectivity index (χ3v) is 4.31. The normalized spacial score (nSPS) is 24.2. The second-order valence-corrected chi connectivity index (χ2v) is 5.93. The number of carbonyl (C=O) groups excluding carboxylic acids is 1. The zero-order valence-electron chi connectivity index (χ0n) is 13.8. The lowest BCUT2D eigenvalue weighted by Gasteiger charge is -2.25. The summed E-state index contributed by atoms with van der Waals surface area (Å²) in [6.07, 6.45) is 14.3. The van der Waals surface area contributed by atoms with Crippen molar-refractivity contribution in [2.75, 3.05) is 13.7 Å². The molecule has 0 bridgehead atoms. The Morgan fingerprint density at radius 3 is 2.77 bits per heavy atom. The number of hydrogen-bond donors (Lipinski definition) is 0. The Kier molecular flexibility index (Phi) is 6.05. The second kappa shape index (κ2) is 8.02. The quantitative estimate of drug-likeness (QED) is 0.685. The van der Waals surface area contributed by atoms with Crippen molar-refractivity contribution in [3.8, 4) is 0 Å². The first-order valence-corrected chi connectivity index (χ1v) is 8.16. The van der Waals surface area contributed by atoms with Crippen LogP contribution in [0.4, 0.5) is 0 Å². The minimum Gasteiger partial charge on any atom is -0.492 e. The van der Waals surface area contributed by atoms with Gasteiger partial charge < -0.3 is 9.47 Å². The van der Waals surface area contributed by atoms with Crippen molar-refractivity contribution in [3.63, 3.8) is 0 Å². The number of carbonyl (C=O) groups is 1. The fourth-order valence-electron chi connectivity index (χ4n) is 2.97. The maximum atomic E-state index is 12.2. The van der Waals surface area contributed by atoms with E-state index < -0.39 is 0 Å². The Morgan fingerprint density at radius 2 is 2.09 bits per heavy atom. The van der Waals surface area contributed by atoms with Crippen molar-refractivity contribution in [2.45, 2.75) is 39.5 Å². The van der Waals surface area contributed by atoms with Gasteiger partial charge in [-0.2, -0.15) is 0 Å². The van der Waals surface area contributed by atoms with E-state index in [1.165, 1.54) is 12.7 Å². The Morgan fingerprint density at radius 1 is 1.32 bits per heavy atom. The van der Waals surface area contributed by atoms with E-state index in [2.05, 4.69) is 38.2 Å². The molecule has 3 heteroatoms. The standard InChI is InChI=1S/C19H26O3/c1-4-8-15-11-7-12-17(18(15)19(20)21-3)22-13-16-10-6-5-9-14(16)2/h5-6,9-10,12,14,16H,4,7-8,11,13H2,1-3H3/t14?,16-/m0/s1. The molecule has 0 aromatic heterocycles. The molecule has 120 valence electrons. The summed E-state index contributed by atoms with van der Waals surface area (Å²) in [7, 11) is 1.43. The lowest BCUT2D eigenvalue weighted by molar-refractivity contribution is -0.136. The predicted octanol–water partition coefficient (Wildman–Crippen LogP) is 4.33. The molecule has 2 aliphatic carbocycles. The highest BCUT2D eigenvalue weighted by Gasteiger charge is 2.25. The van der Waals surface area contributed by atoms with Crippen LogP contribution in [0.3, 0.4) is 0 Å². The van der Waals surface area contributed by atoms with Crippen LogP contribution in [0.1, 0.15) is 39.5 Å². The molecule has 0 amide bonds. The number of methoxy groups -OCH3 is 1. The first-order valence-electron chi connectivity index (χ1n) is 8.16. The summed E-state index contributed by atoms with van der Waals surface area (Å²) in [5, 5.41) is 0. The fourth-order valence-corrected chi connectivity index (χ4v) is 2.97. The SMILES string of the molecule is CCCC1=C(C(=O)OC)C(OC[C@@H]2C=CC=CC2C)=CCC1. The fraction of sp³-hybridized carbons (Fsp3) is 0.526. The molecule has 2 rings (SSSR count). The third kappa shape index (κ3) is 3.90. The molecule has 0 aromatic carbocycles. The van der Waals surface area contributed by atoms with Crippen molar-refractivity contribution in [1.82, 2.24) is 0 Å². The van der Waals surface area contributed by atoms with Gasteiger partial charge in [0, 0.05) is 5.92 Å². The molecule has 0 aliphatic heterocycles. The molecule has 0 N–H and O–H groups in total. The highest BCUT2D eigenvalue weighted by atomic mass is 16.5. The monoisotopic (exact) mass is 302 g/mol. The minimum absolute atomic E-state index is 0.276. The molecule has 2 aliphatic rings. The summed E-state index contributed by atoms with van der Waals surface area (Å²) in [5.74, 6) is 1.23. The van der Waals surface area contributed by atoms with Gasteiger partial charge in [0.2, 0.25) is 0 Å². The highest BCUT2D eigenvalue weighted by molar-refractivity contribution is 5.93. The van der Waals surface area contributed by atoms with Crippen LogP contribution in [-0.2, 0) is 14.3 Å². The first kappa shape index (κ1) is 16.6. The average Bonchev–Trinajstić information content (AvgIpc) is 2.54. The number of hydrogen-bond acceptors (Lipinski definition) is 3. The van der Waals surface area contributed by atoms with Crippen molar-refractivity contribution >= 4 is 5.97 Å². The van der Waals surface area contributed by atoms with Crippen LogP contribution in [0, 0.1) is 11.8 Å². The van der Waals surface area contributed by atoms with Gasteiger partial charge in [0.05, 0.1) is 13.7 Å². The molecule has 0 saturated carbocycles. The molecule has 0 aromatic rings. The van der Waals surface area contributed by atoms with E-state index in [1.807, 2.05) is 6.08 Å². The van der Waals surface area contributed by atoms with Gasteiger partial charge in [-0.25, -0.2) is 4.79 Å². The Labute approximate surface area is 133 Å². The molecular formula is C19H26O3. The topological polar surface area (TPSA) is 35.5 Å². The number of allylic oxidation sites excluding steroid dienone is 5. The molecule has 0 saturated heterocycles. The molecule has 22 heavy (non-hydrogen) atoms. The van der Waals surface area contributed by atoms with Gasteiger partial charge in [-0.1, -0.05) is 50.1 Å². The van der Waals surface area contributed by atoms with Gasteiger partial charge in [0.15, 0.2) is 0 Å². The lowest BCUT2D eigenvalue weighted by Crippen LogP contribution is -2.20. The van der Waals surface area contributed by atoms with Crippen molar-refractivity contribution in [1.29, 1.82) is 0 Å². The van der Waals surface area contributed by atoms with Crippen LogP contribution in [0.5, 0.6) is 0 Å². The van der Waals surface area contributed by atoms with E-state index in [-0.39, 0.29) is 5.97 Å². The van der Waals surface area contributed by atoms with Crippen molar-refractivity contribution < 1.29 is 14.3 Å². The molecular weight excluding hydrogens is 276 g/mol. The summed E-state index contributed by atoms with van der Waals surface area (Å²) in [6, 6.07) is 0. The first-order chi connectivity index (χ1) is 10.7. The number of esters is 1. The van der Waals surface area contributed by atoms with Crippen molar-refractivity contribution in [2.24, 2.45) is 11.8 Å². The molecule has 0 radical (unpaired) electrons. The number of rotatable bonds is 6. The van der Waals surface area contributed by atoms with Gasteiger partial charge in [-0.3, -0.25) is 0 Å². The predicted molar refractivity (Wildman–Crippen MR) is 88.2 cm³/mol. The highest BCUT2D eigenvalue weighted by Crippen LogP contribution is 2.31. The van der Waals surface area contributed by atoms with E-state index in [4.69, 9.17) is 9.47 Å². The summed E-state index contributed by atoms with van der Waals surface area (Å²) in [4.78, 5) is 12.2. The molecule has 0 fully saturated rings. The summed E-state index contributed by atoms with van der Waals surface area (Å²) in [6.45, 7) is 4.90. The van der Waals surface area contributed by atoms with Crippen LogP contribution < -0.4 is 0 Å². The van der Waals surface area contributed by atoms with Gasteiger partial charge in [0.1, 0.15) is 11.3 Å². The molecule has 1 unspecified atom stereocenters. The Bertz CT molecular complexity index is 523. The Balaban J connectivity index is 2.10. The minimum atomic E-state index is -0.276. The zero-order valence-corrected chi connectivity index (χ0v) is 13.8. The van der Waals surface area contributed by atoms with Gasteiger partial charge >= 0.3 is 5.97 Å². The largest absolute Gasteiger partial charge is 0.492 e. The van der Waals surface area contributed by atoms with E-state index in [1.54, 1.807) is 0 Å². The van der Waals surface area contributed by atoms with Gasteiger partial charge in [0.25, 0.3) is 0 Å². The van der Waals surface area contributed by atoms with Crippen LogP contribution >= 0.6 is 0 Å². The van der Waals surface area contributed by atoms with Crippen molar-refractivity contribution in [3.05, 3.63) is 47.3 Å². The lowest BCUT2D eigenvalue weighted by atomic mass is 9.90. The maximum Gasteiger partial charge on any atom is 0.341 e. The molecule has 3 nitrogen and oxygen atoms in total. The van der Waals surface area contributed by atoms with Crippen LogP contribution in [0.2, 0.25) is 0 Å². The van der Waals surface area contributed by atoms with E-state index >= 15 is 0 Å². The zero-order chi connectivity index (χ0) is 15.9. The average molecular weight is 302 g/mol. The van der Waals surface area contributed by atoms with Gasteiger partial charge in [-0.15, -0.1) is 0 Å². The van der Waals surface area contributed by atoms with Crippen LogP contribution in [0.25, 0.3) is 0 Å². The van der Waals surface area contributed by atoms with E-state index in [0.29, 0.717) is 29.8 Å². The van der Waals surface area contributed by atoms with Crippen LogP contribution in [-0.4, -0.2) is 19.7 Å². The summed E-state index contributed by atoms with van der Waals surface area (Å²) >= 11 is 0. The second-order valence-electron chi connectivity index (χ2n) is 5.93. The molecule has 0 heterocycles. The number of ether oxygens (including phenoxy) is 2. The Hall–Kier alpha value is -1.77. The van der Waals surface area contributed by atoms with Crippen LogP contribution in [0.15, 0.2) is 47.3 Å². The third-order valence-electron chi connectivity index (χ3n) is 4.31. The maximum absolute atomic E-state index is 12.2.